The summed E-state index contributed by atoms with van der Waals surface area (Å²) in [6.07, 6.45) is 3.86. The van der Waals surface area contributed by atoms with E-state index in [0.717, 1.165) is 18.7 Å². The molecule has 1 heterocycles. The van der Waals surface area contributed by atoms with Crippen molar-refractivity contribution in [3.05, 3.63) is 35.4 Å². The summed E-state index contributed by atoms with van der Waals surface area (Å²) in [5.41, 5.74) is 2.44. The molecule has 1 saturated heterocycles. The van der Waals surface area contributed by atoms with Crippen LogP contribution in [0.5, 0.6) is 0 Å². The summed E-state index contributed by atoms with van der Waals surface area (Å²) < 4.78 is 0. The van der Waals surface area contributed by atoms with Gasteiger partial charge in [-0.2, -0.15) is 0 Å². The molecular formula is C19H31N3O2. The predicted molar refractivity (Wildman–Crippen MR) is 96.7 cm³/mol. The molecule has 1 aliphatic heterocycles. The third-order valence-electron chi connectivity index (χ3n) is 5.11. The number of likely N-dealkylation sites (N-methyl/N-ethyl adjacent to an activating group) is 1. The minimum absolute atomic E-state index is 0.0344. The normalized spacial score (nSPS) is 19.8. The molecule has 2 atom stereocenters. The van der Waals surface area contributed by atoms with Crippen molar-refractivity contribution in [2.45, 2.75) is 58.3 Å². The lowest BCUT2D eigenvalue weighted by Crippen LogP contribution is -2.43. The van der Waals surface area contributed by atoms with E-state index in [1.165, 1.54) is 29.7 Å². The molecule has 0 aromatic heterocycles. The lowest BCUT2D eigenvalue weighted by Gasteiger charge is -2.34. The first-order valence-corrected chi connectivity index (χ1v) is 8.95. The highest BCUT2D eigenvalue weighted by atomic mass is 16.3. The first-order valence-electron chi connectivity index (χ1n) is 8.95. The van der Waals surface area contributed by atoms with Crippen molar-refractivity contribution in [1.82, 2.24) is 15.1 Å². The number of likely N-dealkylation sites (tertiary alicyclic amines) is 1. The molecule has 2 N–H and O–H groups in total. The Morgan fingerprint density at radius 1 is 1.38 bits per heavy atom. The van der Waals surface area contributed by atoms with Gasteiger partial charge < -0.3 is 15.3 Å². The predicted octanol–water partition coefficient (Wildman–Crippen LogP) is 2.58. The quantitative estimate of drug-likeness (QED) is 0.841. The Kier molecular flexibility index (Phi) is 7.06. The zero-order valence-electron chi connectivity index (χ0n) is 15.2. The Bertz CT molecular complexity index is 535. The average molecular weight is 333 g/mol. The van der Waals surface area contributed by atoms with E-state index in [-0.39, 0.29) is 18.7 Å². The van der Waals surface area contributed by atoms with Crippen molar-refractivity contribution in [3.63, 3.8) is 0 Å². The highest BCUT2D eigenvalue weighted by Gasteiger charge is 2.19. The van der Waals surface area contributed by atoms with Gasteiger partial charge in [0.05, 0.1) is 12.6 Å². The molecule has 1 aromatic rings. The highest BCUT2D eigenvalue weighted by Crippen LogP contribution is 2.20. The maximum absolute atomic E-state index is 12.2. The van der Waals surface area contributed by atoms with Crippen LogP contribution in [0.1, 0.15) is 44.2 Å². The molecule has 2 amide bonds. The molecule has 134 valence electrons. The molecule has 0 aliphatic carbocycles. The molecule has 2 unspecified atom stereocenters. The van der Waals surface area contributed by atoms with Crippen LogP contribution in [0.2, 0.25) is 0 Å². The van der Waals surface area contributed by atoms with Gasteiger partial charge in [0.25, 0.3) is 0 Å². The van der Waals surface area contributed by atoms with Gasteiger partial charge in [-0.1, -0.05) is 30.7 Å². The summed E-state index contributed by atoms with van der Waals surface area (Å²) >= 11 is 0. The van der Waals surface area contributed by atoms with Gasteiger partial charge in [0.15, 0.2) is 0 Å². The second kappa shape index (κ2) is 9.04. The fourth-order valence-electron chi connectivity index (χ4n) is 3.11. The van der Waals surface area contributed by atoms with Gasteiger partial charge in [0, 0.05) is 26.2 Å². The standard InChI is InChI=1S/C19H31N3O2/c1-15-8-6-7-11-22(15)13-18-10-5-4-9-17(18)12-20-19(24)21(3)16(2)14-23/h4-5,9-10,15-16,23H,6-8,11-14H2,1-3H3,(H,20,24). The van der Waals surface area contributed by atoms with Gasteiger partial charge >= 0.3 is 6.03 Å². The molecule has 5 heteroatoms. The zero-order valence-corrected chi connectivity index (χ0v) is 15.2. The first-order chi connectivity index (χ1) is 11.5. The van der Waals surface area contributed by atoms with Crippen LogP contribution in [0.3, 0.4) is 0 Å². The van der Waals surface area contributed by atoms with E-state index in [2.05, 4.69) is 35.3 Å². The molecular weight excluding hydrogens is 302 g/mol. The summed E-state index contributed by atoms with van der Waals surface area (Å²) in [6.45, 7) is 6.70. The number of nitrogens with zero attached hydrogens (tertiary/aromatic N) is 2. The summed E-state index contributed by atoms with van der Waals surface area (Å²) in [5.74, 6) is 0. The van der Waals surface area contributed by atoms with Crippen molar-refractivity contribution >= 4 is 6.03 Å². The number of piperidine rings is 1. The Labute approximate surface area is 145 Å². The van der Waals surface area contributed by atoms with Crippen LogP contribution in [0, 0.1) is 0 Å². The third kappa shape index (κ3) is 4.95. The Hall–Kier alpha value is -1.59. The van der Waals surface area contributed by atoms with Gasteiger partial charge in [-0.25, -0.2) is 4.79 Å². The van der Waals surface area contributed by atoms with Gasteiger partial charge in [-0.3, -0.25) is 4.90 Å². The fourth-order valence-corrected chi connectivity index (χ4v) is 3.11. The van der Waals surface area contributed by atoms with E-state index in [4.69, 9.17) is 5.11 Å². The topological polar surface area (TPSA) is 55.8 Å². The number of aliphatic hydroxyl groups is 1. The minimum atomic E-state index is -0.186. The van der Waals surface area contributed by atoms with E-state index in [0.29, 0.717) is 12.6 Å². The molecule has 0 radical (unpaired) electrons. The monoisotopic (exact) mass is 333 g/mol. The average Bonchev–Trinajstić information content (AvgIpc) is 2.61. The van der Waals surface area contributed by atoms with E-state index in [1.54, 1.807) is 7.05 Å². The number of benzene rings is 1. The van der Waals surface area contributed by atoms with Crippen LogP contribution in [-0.2, 0) is 13.1 Å². The molecule has 0 saturated carbocycles. The van der Waals surface area contributed by atoms with Crippen LogP contribution >= 0.6 is 0 Å². The Morgan fingerprint density at radius 2 is 2.08 bits per heavy atom. The van der Waals surface area contributed by atoms with Crippen molar-refractivity contribution < 1.29 is 9.90 Å². The SMILES string of the molecule is CC1CCCCN1Cc1ccccc1CNC(=O)N(C)C(C)CO. The van der Waals surface area contributed by atoms with Crippen molar-refractivity contribution in [2.75, 3.05) is 20.2 Å². The van der Waals surface area contributed by atoms with Crippen LogP contribution in [0.4, 0.5) is 4.79 Å². The van der Waals surface area contributed by atoms with Crippen molar-refractivity contribution in [2.24, 2.45) is 0 Å². The summed E-state index contributed by atoms with van der Waals surface area (Å²) in [7, 11) is 1.71. The Morgan fingerprint density at radius 3 is 2.75 bits per heavy atom. The van der Waals surface area contributed by atoms with Crippen LogP contribution in [0.25, 0.3) is 0 Å². The first kappa shape index (κ1) is 18.7. The summed E-state index contributed by atoms with van der Waals surface area (Å²) in [4.78, 5) is 16.2. The van der Waals surface area contributed by atoms with E-state index in [9.17, 15) is 4.79 Å². The van der Waals surface area contributed by atoms with Crippen LogP contribution in [-0.4, -0.2) is 53.2 Å². The number of urea groups is 1. The molecule has 5 nitrogen and oxygen atoms in total. The third-order valence-corrected chi connectivity index (χ3v) is 5.11. The van der Waals surface area contributed by atoms with E-state index in [1.807, 2.05) is 13.0 Å². The minimum Gasteiger partial charge on any atom is -0.394 e. The number of nitrogens with one attached hydrogen (secondary N) is 1. The molecule has 2 rings (SSSR count). The second-order valence-electron chi connectivity index (χ2n) is 6.89. The van der Waals surface area contributed by atoms with E-state index < -0.39 is 0 Å². The summed E-state index contributed by atoms with van der Waals surface area (Å²) in [6, 6.07) is 8.60. The van der Waals surface area contributed by atoms with Crippen LogP contribution < -0.4 is 5.32 Å². The number of rotatable bonds is 6. The largest absolute Gasteiger partial charge is 0.394 e. The summed E-state index contributed by atoms with van der Waals surface area (Å²) in [5, 5.41) is 12.1. The van der Waals surface area contributed by atoms with Gasteiger partial charge in [0.1, 0.15) is 0 Å². The molecule has 1 aromatic carbocycles. The number of aliphatic hydroxyl groups excluding tert-OH is 1. The maximum atomic E-state index is 12.2. The van der Waals surface area contributed by atoms with E-state index >= 15 is 0 Å². The van der Waals surface area contributed by atoms with Gasteiger partial charge in [0.2, 0.25) is 0 Å². The Balaban J connectivity index is 1.97. The number of amides is 2. The highest BCUT2D eigenvalue weighted by molar-refractivity contribution is 5.74. The lowest BCUT2D eigenvalue weighted by atomic mass is 10.0. The second-order valence-corrected chi connectivity index (χ2v) is 6.89. The molecule has 0 spiro atoms. The van der Waals surface area contributed by atoms with Gasteiger partial charge in [-0.15, -0.1) is 0 Å². The lowest BCUT2D eigenvalue weighted by molar-refractivity contribution is 0.151. The fraction of sp³-hybridized carbons (Fsp3) is 0.632. The number of hydrogen-bond donors (Lipinski definition) is 2. The van der Waals surface area contributed by atoms with Gasteiger partial charge in [-0.05, 0) is 44.4 Å². The van der Waals surface area contributed by atoms with Crippen molar-refractivity contribution in [3.8, 4) is 0 Å². The number of hydrogen-bond acceptors (Lipinski definition) is 3. The van der Waals surface area contributed by atoms with Crippen LogP contribution in [0.15, 0.2) is 24.3 Å². The molecule has 24 heavy (non-hydrogen) atoms. The molecule has 1 fully saturated rings. The zero-order chi connectivity index (χ0) is 17.5. The molecule has 0 bridgehead atoms. The smallest absolute Gasteiger partial charge is 0.317 e. The van der Waals surface area contributed by atoms with Crippen molar-refractivity contribution in [1.29, 1.82) is 0 Å². The number of carbonyl (C=O) groups is 1. The molecule has 1 aliphatic rings. The maximum Gasteiger partial charge on any atom is 0.317 e. The number of carbonyl (C=O) groups excluding carboxylic acids is 1.